The van der Waals surface area contributed by atoms with Crippen molar-refractivity contribution in [1.82, 2.24) is 5.32 Å². The van der Waals surface area contributed by atoms with Gasteiger partial charge in [0.15, 0.2) is 0 Å². The Labute approximate surface area is 123 Å². The second kappa shape index (κ2) is 5.90. The van der Waals surface area contributed by atoms with Crippen LogP contribution in [-0.4, -0.2) is 6.04 Å². The van der Waals surface area contributed by atoms with Crippen molar-refractivity contribution in [3.63, 3.8) is 0 Å². The average Bonchev–Trinajstić information content (AvgIpc) is 3.14. The van der Waals surface area contributed by atoms with Gasteiger partial charge in [0.25, 0.3) is 0 Å². The van der Waals surface area contributed by atoms with E-state index in [9.17, 15) is 0 Å². The molecule has 1 aromatic carbocycles. The van der Waals surface area contributed by atoms with Crippen molar-refractivity contribution < 1.29 is 9.15 Å². The first kappa shape index (κ1) is 13.5. The van der Waals surface area contributed by atoms with Gasteiger partial charge in [-0.25, -0.2) is 0 Å². The molecule has 0 spiro atoms. The highest BCUT2D eigenvalue weighted by Crippen LogP contribution is 2.26. The predicted molar refractivity (Wildman–Crippen MR) is 79.1 cm³/mol. The van der Waals surface area contributed by atoms with E-state index in [1.165, 1.54) is 12.8 Å². The third-order valence-corrected chi connectivity index (χ3v) is 3.73. The highest BCUT2D eigenvalue weighted by molar-refractivity contribution is 6.32. The summed E-state index contributed by atoms with van der Waals surface area (Å²) in [4.78, 5) is 0. The minimum absolute atomic E-state index is 0.473. The molecular formula is C16H18ClNO2. The van der Waals surface area contributed by atoms with E-state index >= 15 is 0 Å². The van der Waals surface area contributed by atoms with Crippen LogP contribution >= 0.6 is 11.6 Å². The molecule has 1 saturated carbocycles. The summed E-state index contributed by atoms with van der Waals surface area (Å²) in [5, 5.41) is 4.09. The molecule has 0 atom stereocenters. The zero-order valence-corrected chi connectivity index (χ0v) is 12.2. The van der Waals surface area contributed by atoms with E-state index in [0.717, 1.165) is 23.4 Å². The van der Waals surface area contributed by atoms with Gasteiger partial charge in [0, 0.05) is 11.6 Å². The molecule has 1 aliphatic carbocycles. The monoisotopic (exact) mass is 291 g/mol. The first-order valence-corrected chi connectivity index (χ1v) is 7.28. The molecule has 4 heteroatoms. The Hall–Kier alpha value is -1.45. The first-order chi connectivity index (χ1) is 9.72. The lowest BCUT2D eigenvalue weighted by atomic mass is 10.2. The number of ether oxygens (including phenoxy) is 1. The number of furan rings is 1. The normalized spacial score (nSPS) is 14.5. The minimum atomic E-state index is 0.473. The predicted octanol–water partition coefficient (Wildman–Crippen LogP) is 4.07. The molecule has 1 fully saturated rings. The van der Waals surface area contributed by atoms with Crippen molar-refractivity contribution in [2.24, 2.45) is 0 Å². The standard InChI is InChI=1S/C16H18ClNO2/c1-11-2-5-15(14(17)8-11)20-10-12-6-7-19-16(12)9-18-13-3-4-13/h2,5-8,13,18H,3-4,9-10H2,1H3. The van der Waals surface area contributed by atoms with Crippen LogP contribution in [0.3, 0.4) is 0 Å². The summed E-state index contributed by atoms with van der Waals surface area (Å²) >= 11 is 6.16. The van der Waals surface area contributed by atoms with E-state index in [2.05, 4.69) is 5.32 Å². The van der Waals surface area contributed by atoms with Crippen LogP contribution in [0.4, 0.5) is 0 Å². The average molecular weight is 292 g/mol. The van der Waals surface area contributed by atoms with Crippen LogP contribution in [0, 0.1) is 6.92 Å². The quantitative estimate of drug-likeness (QED) is 0.871. The lowest BCUT2D eigenvalue weighted by molar-refractivity contribution is 0.301. The van der Waals surface area contributed by atoms with Gasteiger partial charge in [-0.15, -0.1) is 0 Å². The van der Waals surface area contributed by atoms with Gasteiger partial charge in [-0.1, -0.05) is 17.7 Å². The van der Waals surface area contributed by atoms with Crippen molar-refractivity contribution in [3.8, 4) is 5.75 Å². The van der Waals surface area contributed by atoms with Crippen molar-refractivity contribution >= 4 is 11.6 Å². The van der Waals surface area contributed by atoms with E-state index in [1.54, 1.807) is 6.26 Å². The van der Waals surface area contributed by atoms with Crippen molar-refractivity contribution in [2.45, 2.75) is 39.0 Å². The van der Waals surface area contributed by atoms with Crippen molar-refractivity contribution in [2.75, 3.05) is 0 Å². The van der Waals surface area contributed by atoms with E-state index < -0.39 is 0 Å². The molecule has 0 unspecified atom stereocenters. The first-order valence-electron chi connectivity index (χ1n) is 6.90. The summed E-state index contributed by atoms with van der Waals surface area (Å²) in [6.07, 6.45) is 4.25. The lowest BCUT2D eigenvalue weighted by Gasteiger charge is -2.09. The fourth-order valence-electron chi connectivity index (χ4n) is 2.05. The molecular weight excluding hydrogens is 274 g/mol. The Balaban J connectivity index is 1.61. The molecule has 0 bridgehead atoms. The second-order valence-electron chi connectivity index (χ2n) is 5.25. The van der Waals surface area contributed by atoms with Gasteiger partial charge in [-0.2, -0.15) is 0 Å². The molecule has 3 nitrogen and oxygen atoms in total. The summed E-state index contributed by atoms with van der Waals surface area (Å²) in [5.41, 5.74) is 2.19. The maximum absolute atomic E-state index is 6.16. The summed E-state index contributed by atoms with van der Waals surface area (Å²) in [6, 6.07) is 8.42. The smallest absolute Gasteiger partial charge is 0.138 e. The summed E-state index contributed by atoms with van der Waals surface area (Å²) in [7, 11) is 0. The molecule has 2 aromatic rings. The van der Waals surface area contributed by atoms with Gasteiger partial charge in [0.2, 0.25) is 0 Å². The number of nitrogens with one attached hydrogen (secondary N) is 1. The molecule has 1 aromatic heterocycles. The van der Waals surface area contributed by atoms with Gasteiger partial charge < -0.3 is 14.5 Å². The number of benzene rings is 1. The Bertz CT molecular complexity index is 590. The van der Waals surface area contributed by atoms with Crippen molar-refractivity contribution in [1.29, 1.82) is 0 Å². The number of hydrogen-bond acceptors (Lipinski definition) is 3. The van der Waals surface area contributed by atoms with Gasteiger partial charge in [0.1, 0.15) is 18.1 Å². The summed E-state index contributed by atoms with van der Waals surface area (Å²) in [5.74, 6) is 1.65. The lowest BCUT2D eigenvalue weighted by Crippen LogP contribution is -2.16. The molecule has 106 valence electrons. The molecule has 0 saturated heterocycles. The van der Waals surface area contributed by atoms with Crippen LogP contribution in [0.15, 0.2) is 34.9 Å². The van der Waals surface area contributed by atoms with Crippen molar-refractivity contribution in [3.05, 3.63) is 52.4 Å². The second-order valence-corrected chi connectivity index (χ2v) is 5.65. The largest absolute Gasteiger partial charge is 0.487 e. The van der Waals surface area contributed by atoms with Crippen LogP contribution in [-0.2, 0) is 13.2 Å². The van der Waals surface area contributed by atoms with Crippen LogP contribution in [0.1, 0.15) is 29.7 Å². The molecule has 20 heavy (non-hydrogen) atoms. The van der Waals surface area contributed by atoms with Gasteiger partial charge >= 0.3 is 0 Å². The molecule has 3 rings (SSSR count). The number of halogens is 1. The van der Waals surface area contributed by atoms with E-state index in [-0.39, 0.29) is 0 Å². The number of hydrogen-bond donors (Lipinski definition) is 1. The van der Waals surface area contributed by atoms with Gasteiger partial charge in [-0.05, 0) is 43.5 Å². The van der Waals surface area contributed by atoms with Gasteiger partial charge in [0.05, 0.1) is 17.8 Å². The van der Waals surface area contributed by atoms with E-state index in [1.807, 2.05) is 31.2 Å². The Morgan fingerprint density at radius 1 is 1.35 bits per heavy atom. The molecule has 0 aliphatic heterocycles. The number of aryl methyl sites for hydroxylation is 1. The van der Waals surface area contributed by atoms with Crippen LogP contribution in [0.25, 0.3) is 0 Å². The highest BCUT2D eigenvalue weighted by atomic mass is 35.5. The third kappa shape index (κ3) is 3.35. The van der Waals surface area contributed by atoms with Crippen LogP contribution in [0.2, 0.25) is 5.02 Å². The Kier molecular flexibility index (Phi) is 3.99. The highest BCUT2D eigenvalue weighted by Gasteiger charge is 2.21. The SMILES string of the molecule is Cc1ccc(OCc2ccoc2CNC2CC2)c(Cl)c1. The van der Waals surface area contributed by atoms with Crippen LogP contribution < -0.4 is 10.1 Å². The van der Waals surface area contributed by atoms with E-state index in [4.69, 9.17) is 20.8 Å². The fraction of sp³-hybridized carbons (Fsp3) is 0.375. The van der Waals surface area contributed by atoms with E-state index in [0.29, 0.717) is 23.4 Å². The summed E-state index contributed by atoms with van der Waals surface area (Å²) < 4.78 is 11.3. The molecule has 0 amide bonds. The number of rotatable bonds is 6. The maximum atomic E-state index is 6.16. The molecule has 1 N–H and O–H groups in total. The van der Waals surface area contributed by atoms with Crippen LogP contribution in [0.5, 0.6) is 5.75 Å². The molecule has 1 aliphatic rings. The third-order valence-electron chi connectivity index (χ3n) is 3.44. The Morgan fingerprint density at radius 3 is 2.95 bits per heavy atom. The zero-order chi connectivity index (χ0) is 13.9. The topological polar surface area (TPSA) is 34.4 Å². The fourth-order valence-corrected chi connectivity index (χ4v) is 2.34. The molecule has 1 heterocycles. The zero-order valence-electron chi connectivity index (χ0n) is 11.5. The maximum Gasteiger partial charge on any atom is 0.138 e. The minimum Gasteiger partial charge on any atom is -0.487 e. The Morgan fingerprint density at radius 2 is 2.20 bits per heavy atom. The summed E-state index contributed by atoms with van der Waals surface area (Å²) in [6.45, 7) is 3.24. The van der Waals surface area contributed by atoms with Gasteiger partial charge in [-0.3, -0.25) is 0 Å². The molecule has 0 radical (unpaired) electrons.